The van der Waals surface area contributed by atoms with Crippen molar-refractivity contribution < 1.29 is 0 Å². The van der Waals surface area contributed by atoms with Gasteiger partial charge in [0.2, 0.25) is 5.36 Å². The lowest BCUT2D eigenvalue weighted by atomic mass is 10.1. The number of benzene rings is 6. The molecule has 0 radical (unpaired) electrons. The molecular formula is C44H43N8S3+. The topological polar surface area (TPSA) is 52.9 Å². The monoisotopic (exact) mass is 779 g/mol. The van der Waals surface area contributed by atoms with E-state index in [0.29, 0.717) is 0 Å². The Hall–Kier alpha value is -5.36. The molecule has 0 spiro atoms. The molecule has 0 unspecified atom stereocenters. The molecule has 3 aliphatic heterocycles. The first-order chi connectivity index (χ1) is 26.5. The van der Waals surface area contributed by atoms with Crippen molar-refractivity contribution in [2.75, 3.05) is 86.6 Å². The standard InChI is InChI=1S/C44H43N8S3/c1-48(2)26-12-16-30-39(20-26)53-41-22-28(14-18-32(41)45-30)51(7)36-11-9-10-34-44(36)55-43-25-37(50(5)6)38(24-35(43)47-34)52(8)29-15-19-33-42(23-29)54-40-21-27(49(3)4)13-17-31(40)46-33/h9-25,45-46H,1-8H3/q+1. The van der Waals surface area contributed by atoms with Crippen molar-refractivity contribution in [1.29, 1.82) is 0 Å². The van der Waals surface area contributed by atoms with Gasteiger partial charge in [0.05, 0.1) is 49.2 Å². The Balaban J connectivity index is 1.05. The second-order valence-corrected chi connectivity index (χ2v) is 17.8. The Labute approximate surface area is 335 Å². The van der Waals surface area contributed by atoms with Crippen molar-refractivity contribution in [2.24, 2.45) is 0 Å². The maximum Gasteiger partial charge on any atom is 0.224 e. The normalized spacial score (nSPS) is 12.5. The summed E-state index contributed by atoms with van der Waals surface area (Å²) in [6, 6.07) is 37.5. The van der Waals surface area contributed by atoms with E-state index in [1.807, 2.05) is 23.5 Å². The highest BCUT2D eigenvalue weighted by Crippen LogP contribution is 2.49. The third-order valence-corrected chi connectivity index (χ3v) is 13.7. The molecule has 3 heterocycles. The van der Waals surface area contributed by atoms with Gasteiger partial charge in [0.25, 0.3) is 0 Å². The van der Waals surface area contributed by atoms with Crippen LogP contribution in [0.25, 0.3) is 20.8 Å². The van der Waals surface area contributed by atoms with Gasteiger partial charge in [0.15, 0.2) is 0 Å². The van der Waals surface area contributed by atoms with E-state index in [0.717, 1.165) is 71.6 Å². The number of hydrogen-bond donors (Lipinski definition) is 2. The van der Waals surface area contributed by atoms with E-state index in [9.17, 15) is 0 Å². The lowest BCUT2D eigenvalue weighted by Gasteiger charge is -2.26. The Bertz CT molecular complexity index is 2700. The van der Waals surface area contributed by atoms with Gasteiger partial charge in [-0.1, -0.05) is 29.6 Å². The van der Waals surface area contributed by atoms with Crippen molar-refractivity contribution >= 4 is 102 Å². The molecule has 0 saturated heterocycles. The van der Waals surface area contributed by atoms with Crippen LogP contribution in [-0.2, 0) is 0 Å². The van der Waals surface area contributed by atoms with Crippen LogP contribution in [0.2, 0.25) is 0 Å². The number of rotatable bonds is 6. The van der Waals surface area contributed by atoms with Crippen LogP contribution in [0.4, 0.5) is 56.9 Å². The number of nitrogens with zero attached hydrogens (tertiary/aromatic N) is 6. The van der Waals surface area contributed by atoms with E-state index < -0.39 is 0 Å². The molecule has 0 fully saturated rings. The molecule has 8 nitrogen and oxygen atoms in total. The van der Waals surface area contributed by atoms with Crippen LogP contribution in [0.5, 0.6) is 0 Å². The lowest BCUT2D eigenvalue weighted by molar-refractivity contribution is 0.811. The first kappa shape index (κ1) is 35.3. The fourth-order valence-corrected chi connectivity index (χ4v) is 10.4. The van der Waals surface area contributed by atoms with E-state index in [2.05, 4.69) is 194 Å². The Kier molecular flexibility index (Phi) is 8.83. The van der Waals surface area contributed by atoms with Crippen molar-refractivity contribution in [3.05, 3.63) is 108 Å². The summed E-state index contributed by atoms with van der Waals surface area (Å²) in [6.07, 6.45) is 0. The molecule has 9 rings (SSSR count). The highest BCUT2D eigenvalue weighted by molar-refractivity contribution is 8.00. The van der Waals surface area contributed by atoms with Gasteiger partial charge in [-0.05, 0) is 91.0 Å². The average molecular weight is 780 g/mol. The van der Waals surface area contributed by atoms with E-state index in [1.165, 1.54) is 31.0 Å². The van der Waals surface area contributed by atoms with Crippen molar-refractivity contribution in [2.45, 2.75) is 19.6 Å². The maximum absolute atomic E-state index is 5.29. The Morgan fingerprint density at radius 1 is 0.527 bits per heavy atom. The molecule has 0 atom stereocenters. The van der Waals surface area contributed by atoms with Gasteiger partial charge in [-0.2, -0.15) is 0 Å². The molecule has 5 aromatic carbocycles. The molecule has 0 amide bonds. The van der Waals surface area contributed by atoms with Crippen LogP contribution in [-0.4, -0.2) is 61.4 Å². The minimum Gasteiger partial charge on any atom is -0.378 e. The quantitative estimate of drug-likeness (QED) is 0.127. The Morgan fingerprint density at radius 2 is 1.00 bits per heavy atom. The van der Waals surface area contributed by atoms with E-state index in [4.69, 9.17) is 4.98 Å². The first-order valence-corrected chi connectivity index (χ1v) is 20.6. The maximum atomic E-state index is 5.29. The summed E-state index contributed by atoms with van der Waals surface area (Å²) in [6.45, 7) is 0. The molecule has 0 saturated carbocycles. The van der Waals surface area contributed by atoms with Crippen LogP contribution in [0.15, 0.2) is 123 Å². The molecular weight excluding hydrogens is 737 g/mol. The number of fused-ring (bicyclic) bond motifs is 6. The van der Waals surface area contributed by atoms with Gasteiger partial charge < -0.3 is 30.2 Å². The summed E-state index contributed by atoms with van der Waals surface area (Å²) >= 11 is 5.43. The molecule has 0 aromatic heterocycles. The van der Waals surface area contributed by atoms with E-state index >= 15 is 0 Å². The third kappa shape index (κ3) is 6.39. The van der Waals surface area contributed by atoms with Gasteiger partial charge in [0.1, 0.15) is 19.8 Å². The molecule has 1 aliphatic carbocycles. The zero-order valence-corrected chi connectivity index (χ0v) is 34.7. The van der Waals surface area contributed by atoms with Crippen molar-refractivity contribution in [1.82, 2.24) is 9.56 Å². The van der Waals surface area contributed by atoms with Gasteiger partial charge in [-0.15, -0.1) is 11.3 Å². The lowest BCUT2D eigenvalue weighted by Crippen LogP contribution is -2.29. The summed E-state index contributed by atoms with van der Waals surface area (Å²) in [4.78, 5) is 20.2. The van der Waals surface area contributed by atoms with Crippen molar-refractivity contribution in [3.8, 4) is 10.6 Å². The predicted molar refractivity (Wildman–Crippen MR) is 239 cm³/mol. The smallest absolute Gasteiger partial charge is 0.224 e. The fourth-order valence-electron chi connectivity index (χ4n) is 7.13. The predicted octanol–water partition coefficient (Wildman–Crippen LogP) is 10.5. The van der Waals surface area contributed by atoms with Crippen LogP contribution in [0.1, 0.15) is 0 Å². The minimum atomic E-state index is 0.982. The molecule has 4 aliphatic rings. The minimum absolute atomic E-state index is 0.982. The first-order valence-electron chi connectivity index (χ1n) is 18.2. The van der Waals surface area contributed by atoms with Crippen molar-refractivity contribution in [3.63, 3.8) is 0 Å². The van der Waals surface area contributed by atoms with Gasteiger partial charge >= 0.3 is 0 Å². The summed E-state index contributed by atoms with van der Waals surface area (Å²) in [5.41, 5.74) is 13.4. The van der Waals surface area contributed by atoms with E-state index in [-0.39, 0.29) is 0 Å². The summed E-state index contributed by atoms with van der Waals surface area (Å²) in [5, 5.41) is 8.43. The molecule has 11 heteroatoms. The second kappa shape index (κ2) is 13.7. The van der Waals surface area contributed by atoms with Gasteiger partial charge in [-0.3, -0.25) is 0 Å². The number of nitrogens with one attached hydrogen (secondary N) is 2. The molecule has 2 N–H and O–H groups in total. The van der Waals surface area contributed by atoms with Crippen LogP contribution in [0.3, 0.4) is 0 Å². The molecule has 55 heavy (non-hydrogen) atoms. The highest BCUT2D eigenvalue weighted by Gasteiger charge is 2.23. The third-order valence-electron chi connectivity index (χ3n) is 10.3. The zero-order chi connectivity index (χ0) is 38.1. The molecule has 0 bridgehead atoms. The number of hydrogen-bond acceptors (Lipinski definition) is 10. The largest absolute Gasteiger partial charge is 0.378 e. The van der Waals surface area contributed by atoms with Crippen LogP contribution < -0.4 is 40.2 Å². The summed E-state index contributed by atoms with van der Waals surface area (Å²) in [5.74, 6) is 0. The second-order valence-electron chi connectivity index (χ2n) is 14.6. The highest BCUT2D eigenvalue weighted by atomic mass is 32.2. The summed E-state index contributed by atoms with van der Waals surface area (Å²) < 4.78 is 3.36. The SMILES string of the molecule is CN(C)c1ccc2c(c1)Sc1cc(N(C)c3cc4nc5cccc(N(C)c6ccc7c(c6)Sc6cc(N(C)C)ccc6N7)c5sc-4cc3=[N+](C)C)ccc1N2. The van der Waals surface area contributed by atoms with Gasteiger partial charge in [0, 0.05) is 90.7 Å². The zero-order valence-electron chi connectivity index (χ0n) is 32.2. The Morgan fingerprint density at radius 3 is 1.49 bits per heavy atom. The average Bonchev–Trinajstić information content (AvgIpc) is 3.19. The molecule has 5 aromatic rings. The van der Waals surface area contributed by atoms with Crippen LogP contribution >= 0.6 is 34.9 Å². The molecule has 276 valence electrons. The van der Waals surface area contributed by atoms with Gasteiger partial charge in [-0.25, -0.2) is 9.56 Å². The number of anilines is 10. The number of aromatic nitrogens is 1. The fraction of sp³-hybridized carbons (Fsp3) is 0.182. The van der Waals surface area contributed by atoms with Crippen LogP contribution in [0, 0.1) is 0 Å². The van der Waals surface area contributed by atoms with E-state index in [1.54, 1.807) is 11.3 Å². The summed E-state index contributed by atoms with van der Waals surface area (Å²) in [7, 11) is 16.9.